The number of piperidine rings is 1. The zero-order valence-electron chi connectivity index (χ0n) is 24.3. The van der Waals surface area contributed by atoms with Crippen LogP contribution in [-0.4, -0.2) is 43.7 Å². The van der Waals surface area contributed by atoms with Gasteiger partial charge in [0.25, 0.3) is 0 Å². The molecule has 3 heterocycles. The summed E-state index contributed by atoms with van der Waals surface area (Å²) in [6, 6.07) is 10.9. The Hall–Kier alpha value is -2.50. The Labute approximate surface area is 254 Å². The van der Waals surface area contributed by atoms with Crippen molar-refractivity contribution in [2.45, 2.75) is 69.6 Å². The summed E-state index contributed by atoms with van der Waals surface area (Å²) in [6.07, 6.45) is 6.64. The molecule has 8 nitrogen and oxygen atoms in total. The second-order valence-corrected chi connectivity index (χ2v) is 15.2. The predicted octanol–water partition coefficient (Wildman–Crippen LogP) is 6.04. The zero-order chi connectivity index (χ0) is 29.5. The van der Waals surface area contributed by atoms with E-state index in [1.807, 2.05) is 33.8 Å². The number of halogens is 1. The van der Waals surface area contributed by atoms with E-state index < -0.39 is 11.4 Å². The molecular formula is C30H38ClN7OS2. The van der Waals surface area contributed by atoms with Crippen LogP contribution in [0, 0.1) is 12.3 Å². The largest absolute Gasteiger partial charge is 0.598 e. The lowest BCUT2D eigenvalue weighted by Crippen LogP contribution is -2.50. The first-order valence-corrected chi connectivity index (χ1v) is 16.1. The summed E-state index contributed by atoms with van der Waals surface area (Å²) in [5.41, 5.74) is 10.5. The Bertz CT molecular complexity index is 1520. The van der Waals surface area contributed by atoms with Gasteiger partial charge in [-0.05, 0) is 83.4 Å². The molecule has 2 atom stereocenters. The van der Waals surface area contributed by atoms with Crippen LogP contribution in [0.4, 0.5) is 5.82 Å². The molecule has 3 N–H and O–H groups in total. The van der Waals surface area contributed by atoms with Crippen molar-refractivity contribution in [3.05, 3.63) is 75.2 Å². The maximum atomic E-state index is 13.3. The number of nitrogens with zero attached hydrogens (tertiary/aromatic N) is 5. The van der Waals surface area contributed by atoms with Crippen LogP contribution < -0.4 is 15.4 Å². The molecule has 11 heteroatoms. The van der Waals surface area contributed by atoms with E-state index in [0.29, 0.717) is 5.03 Å². The molecule has 3 aromatic rings. The van der Waals surface area contributed by atoms with E-state index in [2.05, 4.69) is 73.2 Å². The molecule has 1 saturated heterocycles. The molecule has 2 aliphatic rings. The van der Waals surface area contributed by atoms with Crippen molar-refractivity contribution in [1.29, 1.82) is 0 Å². The van der Waals surface area contributed by atoms with Gasteiger partial charge < -0.3 is 15.2 Å². The lowest BCUT2D eigenvalue weighted by molar-refractivity contribution is 0.176. The second-order valence-electron chi connectivity index (χ2n) is 11.8. The summed E-state index contributed by atoms with van der Waals surface area (Å²) in [5.74, 6) is 1.25. The predicted molar refractivity (Wildman–Crippen MR) is 172 cm³/mol. The number of nitrogens with one attached hydrogen (secondary N) is 1. The molecule has 1 unspecified atom stereocenters. The molecule has 0 radical (unpaired) electrons. The van der Waals surface area contributed by atoms with Gasteiger partial charge in [-0.15, -0.1) is 14.9 Å². The van der Waals surface area contributed by atoms with Crippen LogP contribution in [0.3, 0.4) is 0 Å². The molecule has 2 aromatic heterocycles. The fourth-order valence-corrected chi connectivity index (χ4v) is 8.09. The molecule has 1 aliphatic carbocycles. The van der Waals surface area contributed by atoms with Crippen LogP contribution in [0.1, 0.15) is 63.3 Å². The Balaban J connectivity index is 1.42. The van der Waals surface area contributed by atoms with Gasteiger partial charge >= 0.3 is 0 Å². The number of aryl methyl sites for hydroxylation is 1. The number of pyridine rings is 1. The number of allylic oxidation sites excluding steroid dienone is 2. The van der Waals surface area contributed by atoms with Crippen molar-refractivity contribution in [2.75, 3.05) is 18.0 Å². The highest BCUT2D eigenvalue weighted by Crippen LogP contribution is 2.53. The maximum Gasteiger partial charge on any atom is 0.176 e. The van der Waals surface area contributed by atoms with Gasteiger partial charge in [-0.2, -0.15) is 0 Å². The summed E-state index contributed by atoms with van der Waals surface area (Å²) in [5, 5.41) is 9.11. The first-order chi connectivity index (χ1) is 19.5. The summed E-state index contributed by atoms with van der Waals surface area (Å²) in [6.45, 7) is 15.3. The lowest BCUT2D eigenvalue weighted by Gasteiger charge is -2.44. The number of fused-ring (bicyclic) bond motifs is 2. The molecular weight excluding hydrogens is 574 g/mol. The normalized spacial score (nSPS) is 20.3. The molecule has 1 fully saturated rings. The number of hydrogen-bond acceptors (Lipinski definition) is 8. The number of hydrogen-bond donors (Lipinski definition) is 2. The monoisotopic (exact) mass is 611 g/mol. The van der Waals surface area contributed by atoms with E-state index in [0.717, 1.165) is 59.2 Å². The van der Waals surface area contributed by atoms with Gasteiger partial charge in [0, 0.05) is 34.8 Å². The number of benzene rings is 1. The smallest absolute Gasteiger partial charge is 0.176 e. The van der Waals surface area contributed by atoms with Crippen LogP contribution in [0.25, 0.3) is 5.65 Å². The average molecular weight is 612 g/mol. The second kappa shape index (κ2) is 11.6. The Kier molecular flexibility index (Phi) is 8.51. The van der Waals surface area contributed by atoms with Crippen LogP contribution in [0.15, 0.2) is 68.4 Å². The lowest BCUT2D eigenvalue weighted by atomic mass is 9.73. The van der Waals surface area contributed by atoms with E-state index in [1.165, 1.54) is 22.9 Å². The Morgan fingerprint density at radius 2 is 2.02 bits per heavy atom. The fourth-order valence-electron chi connectivity index (χ4n) is 5.88. The highest BCUT2D eigenvalue weighted by molar-refractivity contribution is 8.03. The van der Waals surface area contributed by atoms with Crippen molar-refractivity contribution in [3.8, 4) is 0 Å². The molecule has 218 valence electrons. The third-order valence-corrected chi connectivity index (χ3v) is 11.6. The van der Waals surface area contributed by atoms with Crippen LogP contribution in [-0.2, 0) is 17.8 Å². The van der Waals surface area contributed by atoms with Gasteiger partial charge in [0.05, 0.1) is 16.0 Å². The third-order valence-electron chi connectivity index (χ3n) is 8.17. The van der Waals surface area contributed by atoms with Gasteiger partial charge in [0.15, 0.2) is 5.65 Å². The maximum absolute atomic E-state index is 13.3. The van der Waals surface area contributed by atoms with Crippen molar-refractivity contribution in [2.24, 2.45) is 16.1 Å². The van der Waals surface area contributed by atoms with Gasteiger partial charge in [-0.25, -0.2) is 4.99 Å². The number of aromatic nitrogens is 3. The SMILES string of the molecule is C=N/C(N)=C(Cl)\C(=C/C)Sc1c(C)cc(N2CCC3(CC2)Cc2ccccc2[C@H]3N[S+]([O-])C(C)(C)C)n2cnnc12. The fraction of sp³-hybridized carbons (Fsp3) is 0.433. The number of aliphatic imine (C=N–C) groups is 1. The van der Waals surface area contributed by atoms with Crippen molar-refractivity contribution < 1.29 is 4.55 Å². The first kappa shape index (κ1) is 30.0. The van der Waals surface area contributed by atoms with Crippen LogP contribution in [0.2, 0.25) is 0 Å². The van der Waals surface area contributed by atoms with E-state index in [1.54, 1.807) is 6.33 Å². The van der Waals surface area contributed by atoms with E-state index >= 15 is 0 Å². The van der Waals surface area contributed by atoms with Crippen molar-refractivity contribution in [1.82, 2.24) is 19.3 Å². The minimum atomic E-state index is -1.16. The topological polar surface area (TPSA) is 107 Å². The first-order valence-electron chi connectivity index (χ1n) is 13.8. The number of rotatable bonds is 7. The highest BCUT2D eigenvalue weighted by atomic mass is 35.5. The Morgan fingerprint density at radius 1 is 1.32 bits per heavy atom. The quantitative estimate of drug-likeness (QED) is 0.145. The van der Waals surface area contributed by atoms with Crippen LogP contribution in [0.5, 0.6) is 0 Å². The molecule has 1 spiro atoms. The molecule has 5 rings (SSSR count). The molecule has 1 aromatic carbocycles. The summed E-state index contributed by atoms with van der Waals surface area (Å²) in [4.78, 5) is 7.95. The van der Waals surface area contributed by atoms with Gasteiger partial charge in [0.1, 0.15) is 22.7 Å². The number of thioether (sulfide) groups is 1. The molecule has 1 aliphatic heterocycles. The molecule has 0 amide bonds. The van der Waals surface area contributed by atoms with Crippen molar-refractivity contribution >= 4 is 52.9 Å². The zero-order valence-corrected chi connectivity index (χ0v) is 26.7. The minimum Gasteiger partial charge on any atom is -0.598 e. The summed E-state index contributed by atoms with van der Waals surface area (Å²) >= 11 is 6.83. The van der Waals surface area contributed by atoms with Crippen LogP contribution >= 0.6 is 23.4 Å². The van der Waals surface area contributed by atoms with Gasteiger partial charge in [-0.3, -0.25) is 4.40 Å². The highest BCUT2D eigenvalue weighted by Gasteiger charge is 2.50. The average Bonchev–Trinajstić information content (AvgIpc) is 3.55. The molecule has 41 heavy (non-hydrogen) atoms. The van der Waals surface area contributed by atoms with E-state index in [9.17, 15) is 4.55 Å². The summed E-state index contributed by atoms with van der Waals surface area (Å²) in [7, 11) is 0. The van der Waals surface area contributed by atoms with E-state index in [-0.39, 0.29) is 22.0 Å². The molecule has 0 bridgehead atoms. The Morgan fingerprint density at radius 3 is 2.68 bits per heavy atom. The number of nitrogens with two attached hydrogens (primary N) is 1. The third kappa shape index (κ3) is 5.64. The standard InChI is InChI=1S/C30H38ClN7OS2/c1-7-22(24(31)27(32)33-6)40-25-19(2)16-23(38-18-34-35-28(25)38)37-14-12-30(13-15-37)17-20-10-8-9-11-21(20)26(30)36-41(39)29(3,4)5/h7-11,16,18,26,36H,6,12-15,17,32H2,1-5H3/b22-7+,27-24+/t26-,41?/m1/s1. The van der Waals surface area contributed by atoms with E-state index in [4.69, 9.17) is 17.3 Å². The summed E-state index contributed by atoms with van der Waals surface area (Å²) < 4.78 is 18.5. The number of anilines is 1. The van der Waals surface area contributed by atoms with Crippen molar-refractivity contribution in [3.63, 3.8) is 0 Å². The van der Waals surface area contributed by atoms with Gasteiger partial charge in [-0.1, -0.05) is 53.7 Å². The minimum absolute atomic E-state index is 0.0151. The molecule has 0 saturated carbocycles. The van der Waals surface area contributed by atoms with Gasteiger partial charge in [0.2, 0.25) is 0 Å².